The molecule has 0 aliphatic carbocycles. The second-order valence-corrected chi connectivity index (χ2v) is 3.47. The summed E-state index contributed by atoms with van der Waals surface area (Å²) in [6.07, 6.45) is 0. The van der Waals surface area contributed by atoms with E-state index in [-0.39, 0.29) is 11.6 Å². The van der Waals surface area contributed by atoms with Crippen molar-refractivity contribution in [2.45, 2.75) is 0 Å². The van der Waals surface area contributed by atoms with Gasteiger partial charge in [-0.15, -0.1) is 0 Å². The van der Waals surface area contributed by atoms with Gasteiger partial charge < -0.3 is 9.84 Å². The van der Waals surface area contributed by atoms with Gasteiger partial charge in [0.1, 0.15) is 0 Å². The van der Waals surface area contributed by atoms with Crippen LogP contribution in [0, 0.1) is 10.1 Å². The first-order valence-electron chi connectivity index (χ1n) is 4.96. The molecule has 1 aromatic heterocycles. The van der Waals surface area contributed by atoms with E-state index in [9.17, 15) is 14.9 Å². The topological polar surface area (TPSA) is 103 Å². The van der Waals surface area contributed by atoms with Gasteiger partial charge in [-0.3, -0.25) is 10.1 Å². The largest absolute Gasteiger partial charge is 0.479 e. The molecule has 0 spiro atoms. The maximum absolute atomic E-state index is 10.6. The first-order valence-corrected chi connectivity index (χ1v) is 4.96. The molecule has 7 nitrogen and oxygen atoms in total. The predicted molar refractivity (Wildman–Crippen MR) is 61.5 cm³/mol. The lowest BCUT2D eigenvalue weighted by Gasteiger charge is -2.03. The monoisotopic (exact) mass is 248 g/mol. The molecule has 0 bridgehead atoms. The maximum atomic E-state index is 10.6. The van der Waals surface area contributed by atoms with E-state index in [0.29, 0.717) is 10.9 Å². The van der Waals surface area contributed by atoms with E-state index in [1.807, 2.05) is 0 Å². The van der Waals surface area contributed by atoms with Crippen molar-refractivity contribution in [3.63, 3.8) is 0 Å². The van der Waals surface area contributed by atoms with E-state index in [1.165, 1.54) is 24.3 Å². The fourth-order valence-electron chi connectivity index (χ4n) is 1.42. The summed E-state index contributed by atoms with van der Waals surface area (Å²) in [4.78, 5) is 24.5. The van der Waals surface area contributed by atoms with Crippen molar-refractivity contribution in [2.75, 3.05) is 6.61 Å². The lowest BCUT2D eigenvalue weighted by Crippen LogP contribution is -2.10. The Labute approximate surface area is 101 Å². The quantitative estimate of drug-likeness (QED) is 0.651. The average Bonchev–Trinajstić information content (AvgIpc) is 2.35. The van der Waals surface area contributed by atoms with Gasteiger partial charge in [-0.05, 0) is 12.1 Å². The second-order valence-electron chi connectivity index (χ2n) is 3.47. The number of carboxylic acid groups (broad SMARTS) is 1. The number of nitro groups is 1. The van der Waals surface area contributed by atoms with Gasteiger partial charge in [0.05, 0.1) is 10.4 Å². The van der Waals surface area contributed by atoms with Crippen LogP contribution >= 0.6 is 0 Å². The van der Waals surface area contributed by atoms with Crippen molar-refractivity contribution in [3.8, 4) is 5.88 Å². The van der Waals surface area contributed by atoms with E-state index in [2.05, 4.69) is 4.98 Å². The highest BCUT2D eigenvalue weighted by molar-refractivity contribution is 5.81. The molecule has 92 valence electrons. The number of carboxylic acids is 1. The highest BCUT2D eigenvalue weighted by Crippen LogP contribution is 2.21. The number of ether oxygens (including phenoxy) is 1. The fourth-order valence-corrected chi connectivity index (χ4v) is 1.42. The number of non-ortho nitro benzene ring substituents is 1. The summed E-state index contributed by atoms with van der Waals surface area (Å²) in [6, 6.07) is 7.27. The summed E-state index contributed by atoms with van der Waals surface area (Å²) in [6.45, 7) is -0.481. The molecule has 1 heterocycles. The van der Waals surface area contributed by atoms with E-state index < -0.39 is 17.5 Å². The Morgan fingerprint density at radius 1 is 1.39 bits per heavy atom. The average molecular weight is 248 g/mol. The standard InChI is InChI=1S/C11H8N2O5/c14-11(15)6-18-10-4-1-7-5-8(13(16)17)2-3-9(7)12-10/h1-5H,6H2,(H,14,15). The number of benzene rings is 1. The third kappa shape index (κ3) is 2.51. The fraction of sp³-hybridized carbons (Fsp3) is 0.0909. The lowest BCUT2D eigenvalue weighted by atomic mass is 10.2. The van der Waals surface area contributed by atoms with Gasteiger partial charge in [0.2, 0.25) is 5.88 Å². The zero-order chi connectivity index (χ0) is 13.1. The SMILES string of the molecule is O=C(O)COc1ccc2cc([N+](=O)[O-])ccc2n1. The molecule has 0 saturated heterocycles. The minimum absolute atomic E-state index is 0.0245. The zero-order valence-corrected chi connectivity index (χ0v) is 9.07. The van der Waals surface area contributed by atoms with Gasteiger partial charge in [0.25, 0.3) is 5.69 Å². The van der Waals surface area contributed by atoms with Crippen LogP contribution in [-0.2, 0) is 4.79 Å². The third-order valence-corrected chi connectivity index (χ3v) is 2.20. The number of fused-ring (bicyclic) bond motifs is 1. The minimum Gasteiger partial charge on any atom is -0.479 e. The maximum Gasteiger partial charge on any atom is 0.341 e. The summed E-state index contributed by atoms with van der Waals surface area (Å²) < 4.78 is 4.91. The van der Waals surface area contributed by atoms with Crippen molar-refractivity contribution in [3.05, 3.63) is 40.4 Å². The predicted octanol–water partition coefficient (Wildman–Crippen LogP) is 1.61. The molecular formula is C11H8N2O5. The number of rotatable bonds is 4. The van der Waals surface area contributed by atoms with E-state index in [1.54, 1.807) is 6.07 Å². The van der Waals surface area contributed by atoms with E-state index in [4.69, 9.17) is 9.84 Å². The van der Waals surface area contributed by atoms with Gasteiger partial charge in [-0.25, -0.2) is 9.78 Å². The Hall–Kier alpha value is -2.70. The van der Waals surface area contributed by atoms with Gasteiger partial charge in [-0.1, -0.05) is 0 Å². The van der Waals surface area contributed by atoms with Crippen LogP contribution in [0.2, 0.25) is 0 Å². The van der Waals surface area contributed by atoms with Crippen molar-refractivity contribution in [1.29, 1.82) is 0 Å². The molecule has 0 fully saturated rings. The van der Waals surface area contributed by atoms with Gasteiger partial charge in [0.15, 0.2) is 6.61 Å². The molecule has 0 unspecified atom stereocenters. The van der Waals surface area contributed by atoms with Crippen LogP contribution < -0.4 is 4.74 Å². The molecule has 1 N–H and O–H groups in total. The third-order valence-electron chi connectivity index (χ3n) is 2.20. The summed E-state index contributed by atoms with van der Waals surface area (Å²) >= 11 is 0. The molecule has 7 heteroatoms. The van der Waals surface area contributed by atoms with Crippen LogP contribution in [0.4, 0.5) is 5.69 Å². The van der Waals surface area contributed by atoms with Crippen molar-refractivity contribution >= 4 is 22.6 Å². The number of aliphatic carboxylic acids is 1. The number of carbonyl (C=O) groups is 1. The highest BCUT2D eigenvalue weighted by atomic mass is 16.6. The van der Waals surface area contributed by atoms with Crippen LogP contribution in [0.15, 0.2) is 30.3 Å². The molecule has 0 aliphatic heterocycles. The summed E-state index contributed by atoms with van der Waals surface area (Å²) in [5, 5.41) is 19.6. The molecular weight excluding hydrogens is 240 g/mol. The van der Waals surface area contributed by atoms with Crippen LogP contribution in [0.25, 0.3) is 10.9 Å². The zero-order valence-electron chi connectivity index (χ0n) is 9.07. The molecule has 0 atom stereocenters. The summed E-state index contributed by atoms with van der Waals surface area (Å²) in [5.41, 5.74) is 0.479. The number of nitrogens with zero attached hydrogens (tertiary/aromatic N) is 2. The molecule has 0 radical (unpaired) electrons. The van der Waals surface area contributed by atoms with Gasteiger partial charge >= 0.3 is 5.97 Å². The van der Waals surface area contributed by atoms with E-state index in [0.717, 1.165) is 0 Å². The lowest BCUT2D eigenvalue weighted by molar-refractivity contribution is -0.384. The molecule has 18 heavy (non-hydrogen) atoms. The number of hydrogen-bond donors (Lipinski definition) is 1. The first-order chi connectivity index (χ1) is 8.56. The molecule has 0 aliphatic rings. The Morgan fingerprint density at radius 2 is 2.17 bits per heavy atom. The minimum atomic E-state index is -1.10. The number of nitro benzene ring substituents is 1. The van der Waals surface area contributed by atoms with Crippen LogP contribution in [0.3, 0.4) is 0 Å². The van der Waals surface area contributed by atoms with Crippen LogP contribution in [0.5, 0.6) is 5.88 Å². The van der Waals surface area contributed by atoms with Crippen LogP contribution in [0.1, 0.15) is 0 Å². The Bertz CT molecular complexity index is 626. The molecule has 2 rings (SSSR count). The molecule has 2 aromatic rings. The second kappa shape index (κ2) is 4.66. The Morgan fingerprint density at radius 3 is 2.83 bits per heavy atom. The van der Waals surface area contributed by atoms with Gasteiger partial charge in [0, 0.05) is 23.6 Å². The van der Waals surface area contributed by atoms with Crippen molar-refractivity contribution in [1.82, 2.24) is 4.98 Å². The Kier molecular flexibility index (Phi) is 3.05. The highest BCUT2D eigenvalue weighted by Gasteiger charge is 2.08. The van der Waals surface area contributed by atoms with Crippen LogP contribution in [-0.4, -0.2) is 27.6 Å². The number of pyridine rings is 1. The van der Waals surface area contributed by atoms with Gasteiger partial charge in [-0.2, -0.15) is 0 Å². The first kappa shape index (κ1) is 11.8. The Balaban J connectivity index is 2.32. The van der Waals surface area contributed by atoms with Crippen molar-refractivity contribution in [2.24, 2.45) is 0 Å². The molecule has 1 aromatic carbocycles. The summed E-state index contributed by atoms with van der Waals surface area (Å²) in [7, 11) is 0. The smallest absolute Gasteiger partial charge is 0.341 e. The molecule has 0 amide bonds. The summed E-state index contributed by atoms with van der Waals surface area (Å²) in [5.74, 6) is -0.931. The van der Waals surface area contributed by atoms with Crippen molar-refractivity contribution < 1.29 is 19.6 Å². The normalized spacial score (nSPS) is 10.2. The number of hydrogen-bond acceptors (Lipinski definition) is 5. The molecule has 0 saturated carbocycles. The van der Waals surface area contributed by atoms with E-state index >= 15 is 0 Å². The number of aromatic nitrogens is 1.